The number of imidazole rings is 1. The zero-order valence-electron chi connectivity index (χ0n) is 10.4. The number of hydrogen-bond donors (Lipinski definition) is 4. The summed E-state index contributed by atoms with van der Waals surface area (Å²) < 4.78 is 0. The van der Waals surface area contributed by atoms with Crippen molar-refractivity contribution in [2.75, 3.05) is 11.1 Å². The highest BCUT2D eigenvalue weighted by atomic mass is 16.4. The molecule has 0 radical (unpaired) electrons. The minimum atomic E-state index is -1.09. The van der Waals surface area contributed by atoms with Crippen LogP contribution < -0.4 is 11.1 Å². The Bertz CT molecular complexity index is 777. The number of anilines is 2. The molecule has 0 unspecified atom stereocenters. The van der Waals surface area contributed by atoms with Crippen LogP contribution in [0.4, 0.5) is 16.2 Å². The van der Waals surface area contributed by atoms with Gasteiger partial charge in [0.15, 0.2) is 0 Å². The van der Waals surface area contributed by atoms with Crippen LogP contribution in [0.25, 0.3) is 22.4 Å². The van der Waals surface area contributed by atoms with Gasteiger partial charge in [-0.3, -0.25) is 5.32 Å². The molecule has 0 saturated carbocycles. The first-order valence-corrected chi connectivity index (χ1v) is 5.97. The van der Waals surface area contributed by atoms with Crippen molar-refractivity contribution in [3.63, 3.8) is 0 Å². The average Bonchev–Trinajstić information content (AvgIpc) is 2.81. The fraction of sp³-hybridized carbons (Fsp3) is 0. The van der Waals surface area contributed by atoms with E-state index >= 15 is 0 Å². The lowest BCUT2D eigenvalue weighted by Gasteiger charge is -1.99. The maximum absolute atomic E-state index is 10.6. The molecule has 2 aromatic carbocycles. The number of amides is 1. The summed E-state index contributed by atoms with van der Waals surface area (Å²) in [4.78, 5) is 18.2. The number of carboxylic acid groups (broad SMARTS) is 1. The summed E-state index contributed by atoms with van der Waals surface area (Å²) >= 11 is 0. The Labute approximate surface area is 114 Å². The highest BCUT2D eigenvalue weighted by Gasteiger charge is 2.06. The summed E-state index contributed by atoms with van der Waals surface area (Å²) in [5, 5.41) is 11.0. The van der Waals surface area contributed by atoms with Crippen molar-refractivity contribution in [3.05, 3.63) is 42.5 Å². The van der Waals surface area contributed by atoms with Gasteiger partial charge in [-0.15, -0.1) is 0 Å². The molecule has 100 valence electrons. The molecule has 0 aliphatic carbocycles. The smallest absolute Gasteiger partial charge is 0.409 e. The van der Waals surface area contributed by atoms with Gasteiger partial charge in [-0.25, -0.2) is 9.78 Å². The molecule has 20 heavy (non-hydrogen) atoms. The Hall–Kier alpha value is -3.02. The zero-order valence-corrected chi connectivity index (χ0v) is 10.4. The third kappa shape index (κ3) is 2.26. The van der Waals surface area contributed by atoms with Crippen molar-refractivity contribution in [2.24, 2.45) is 0 Å². The SMILES string of the molecule is Nc1ccc(-c2nc3ccc(NC(=O)O)cc3[nH]2)cc1. The topological polar surface area (TPSA) is 104 Å². The summed E-state index contributed by atoms with van der Waals surface area (Å²) in [6.07, 6.45) is -1.09. The van der Waals surface area contributed by atoms with E-state index in [4.69, 9.17) is 10.8 Å². The predicted molar refractivity (Wildman–Crippen MR) is 77.6 cm³/mol. The largest absolute Gasteiger partial charge is 0.465 e. The minimum Gasteiger partial charge on any atom is -0.465 e. The number of aromatic nitrogens is 2. The van der Waals surface area contributed by atoms with E-state index in [2.05, 4.69) is 15.3 Å². The van der Waals surface area contributed by atoms with E-state index in [0.29, 0.717) is 17.2 Å². The summed E-state index contributed by atoms with van der Waals surface area (Å²) in [6.45, 7) is 0. The molecule has 0 atom stereocenters. The van der Waals surface area contributed by atoms with E-state index in [9.17, 15) is 4.79 Å². The average molecular weight is 268 g/mol. The molecule has 6 nitrogen and oxygen atoms in total. The van der Waals surface area contributed by atoms with Crippen LogP contribution in [-0.2, 0) is 0 Å². The highest BCUT2D eigenvalue weighted by molar-refractivity contribution is 5.88. The first-order chi connectivity index (χ1) is 9.61. The fourth-order valence-corrected chi connectivity index (χ4v) is 1.99. The third-order valence-corrected chi connectivity index (χ3v) is 2.92. The van der Waals surface area contributed by atoms with Gasteiger partial charge in [0, 0.05) is 16.9 Å². The Morgan fingerprint density at radius 1 is 1.20 bits per heavy atom. The van der Waals surface area contributed by atoms with Gasteiger partial charge < -0.3 is 15.8 Å². The highest BCUT2D eigenvalue weighted by Crippen LogP contribution is 2.23. The number of carbonyl (C=O) groups is 1. The van der Waals surface area contributed by atoms with Crippen LogP contribution in [0.2, 0.25) is 0 Å². The fourth-order valence-electron chi connectivity index (χ4n) is 1.99. The summed E-state index contributed by atoms with van der Waals surface area (Å²) in [6, 6.07) is 12.5. The first kappa shape index (κ1) is 12.0. The predicted octanol–water partition coefficient (Wildman–Crippen LogP) is 2.90. The lowest BCUT2D eigenvalue weighted by atomic mass is 10.2. The molecule has 3 rings (SSSR count). The van der Waals surface area contributed by atoms with Crippen LogP contribution in [0.1, 0.15) is 0 Å². The molecule has 1 aromatic heterocycles. The molecule has 0 fully saturated rings. The molecule has 0 aliphatic rings. The van der Waals surface area contributed by atoms with Crippen LogP contribution in [0, 0.1) is 0 Å². The number of fused-ring (bicyclic) bond motifs is 1. The normalized spacial score (nSPS) is 10.6. The molecule has 5 N–H and O–H groups in total. The second-order valence-corrected chi connectivity index (χ2v) is 4.37. The van der Waals surface area contributed by atoms with Gasteiger partial charge in [-0.1, -0.05) is 0 Å². The Morgan fingerprint density at radius 2 is 1.95 bits per heavy atom. The molecule has 0 bridgehead atoms. The molecule has 1 amide bonds. The van der Waals surface area contributed by atoms with Crippen molar-refractivity contribution >= 4 is 28.5 Å². The standard InChI is InChI=1S/C14H12N4O2/c15-9-3-1-8(2-4-9)13-17-11-6-5-10(16-14(19)20)7-12(11)18-13/h1-7,16H,15H2,(H,17,18)(H,19,20). The van der Waals surface area contributed by atoms with Crippen LogP contribution in [0.5, 0.6) is 0 Å². The Morgan fingerprint density at radius 3 is 2.65 bits per heavy atom. The number of aromatic amines is 1. The zero-order chi connectivity index (χ0) is 14.1. The van der Waals surface area contributed by atoms with Gasteiger partial charge in [-0.2, -0.15) is 0 Å². The molecule has 0 spiro atoms. The van der Waals surface area contributed by atoms with Gasteiger partial charge in [0.25, 0.3) is 0 Å². The van der Waals surface area contributed by atoms with Crippen molar-refractivity contribution in [3.8, 4) is 11.4 Å². The first-order valence-electron chi connectivity index (χ1n) is 5.97. The monoisotopic (exact) mass is 268 g/mol. The molecule has 3 aromatic rings. The maximum atomic E-state index is 10.6. The number of H-pyrrole nitrogens is 1. The van der Waals surface area contributed by atoms with E-state index in [1.54, 1.807) is 30.3 Å². The molecular weight excluding hydrogens is 256 g/mol. The number of nitrogens with zero attached hydrogens (tertiary/aromatic N) is 1. The lowest BCUT2D eigenvalue weighted by Crippen LogP contribution is -2.06. The van der Waals surface area contributed by atoms with Crippen molar-refractivity contribution in [1.82, 2.24) is 9.97 Å². The third-order valence-electron chi connectivity index (χ3n) is 2.92. The van der Waals surface area contributed by atoms with Gasteiger partial charge in [-0.05, 0) is 42.5 Å². The van der Waals surface area contributed by atoms with E-state index in [1.165, 1.54) is 0 Å². The number of rotatable bonds is 2. The van der Waals surface area contributed by atoms with Crippen molar-refractivity contribution in [1.29, 1.82) is 0 Å². The molecule has 1 heterocycles. The number of nitrogens with one attached hydrogen (secondary N) is 2. The number of nitrogens with two attached hydrogens (primary N) is 1. The van der Waals surface area contributed by atoms with E-state index < -0.39 is 6.09 Å². The Kier molecular flexibility index (Phi) is 2.76. The number of nitrogen functional groups attached to an aromatic ring is 1. The van der Waals surface area contributed by atoms with Crippen LogP contribution in [0.15, 0.2) is 42.5 Å². The second-order valence-electron chi connectivity index (χ2n) is 4.37. The van der Waals surface area contributed by atoms with E-state index in [1.807, 2.05) is 12.1 Å². The van der Waals surface area contributed by atoms with Crippen LogP contribution >= 0.6 is 0 Å². The van der Waals surface area contributed by atoms with E-state index in [0.717, 1.165) is 16.6 Å². The number of hydrogen-bond acceptors (Lipinski definition) is 3. The van der Waals surface area contributed by atoms with E-state index in [-0.39, 0.29) is 0 Å². The maximum Gasteiger partial charge on any atom is 0.409 e. The molecular formula is C14H12N4O2. The lowest BCUT2D eigenvalue weighted by molar-refractivity contribution is 0.210. The summed E-state index contributed by atoms with van der Waals surface area (Å²) in [7, 11) is 0. The summed E-state index contributed by atoms with van der Waals surface area (Å²) in [5.74, 6) is 0.715. The van der Waals surface area contributed by atoms with Crippen LogP contribution in [0.3, 0.4) is 0 Å². The van der Waals surface area contributed by atoms with Crippen LogP contribution in [-0.4, -0.2) is 21.2 Å². The Balaban J connectivity index is 2.01. The van der Waals surface area contributed by atoms with Gasteiger partial charge in [0.1, 0.15) is 5.82 Å². The molecule has 6 heteroatoms. The van der Waals surface area contributed by atoms with Gasteiger partial charge in [0.2, 0.25) is 0 Å². The van der Waals surface area contributed by atoms with Crippen molar-refractivity contribution in [2.45, 2.75) is 0 Å². The molecule has 0 aliphatic heterocycles. The molecule has 0 saturated heterocycles. The number of benzene rings is 2. The van der Waals surface area contributed by atoms with Gasteiger partial charge >= 0.3 is 6.09 Å². The quantitative estimate of drug-likeness (QED) is 0.536. The second kappa shape index (κ2) is 4.58. The minimum absolute atomic E-state index is 0.498. The van der Waals surface area contributed by atoms with Gasteiger partial charge in [0.05, 0.1) is 11.0 Å². The summed E-state index contributed by atoms with van der Waals surface area (Å²) in [5.41, 5.74) is 9.30. The van der Waals surface area contributed by atoms with Crippen molar-refractivity contribution < 1.29 is 9.90 Å².